The van der Waals surface area contributed by atoms with Crippen molar-refractivity contribution in [3.8, 4) is 5.75 Å². The maximum atomic E-state index is 12.9. The highest BCUT2D eigenvalue weighted by Crippen LogP contribution is 2.24. The van der Waals surface area contributed by atoms with E-state index in [-0.39, 0.29) is 24.4 Å². The maximum absolute atomic E-state index is 12.9. The van der Waals surface area contributed by atoms with Crippen molar-refractivity contribution >= 4 is 17.8 Å². The minimum Gasteiger partial charge on any atom is -0.497 e. The lowest BCUT2D eigenvalue weighted by Crippen LogP contribution is -2.45. The second-order valence-electron chi connectivity index (χ2n) is 7.70. The summed E-state index contributed by atoms with van der Waals surface area (Å²) in [7, 11) is 1.61. The predicted octanol–water partition coefficient (Wildman–Crippen LogP) is 2.82. The van der Waals surface area contributed by atoms with Gasteiger partial charge in [0.05, 0.1) is 13.2 Å². The average molecular weight is 409 g/mol. The Balaban J connectivity index is 1.58. The van der Waals surface area contributed by atoms with Gasteiger partial charge in [-0.25, -0.2) is 4.79 Å². The number of carbonyl (C=O) groups excluding carboxylic acids is 3. The molecule has 0 spiro atoms. The van der Waals surface area contributed by atoms with Crippen molar-refractivity contribution in [1.82, 2.24) is 15.5 Å². The molecule has 2 aromatic rings. The first kappa shape index (κ1) is 21.4. The van der Waals surface area contributed by atoms with E-state index in [0.29, 0.717) is 12.8 Å². The smallest absolute Gasteiger partial charge is 0.325 e. The molecule has 158 valence electrons. The van der Waals surface area contributed by atoms with Crippen molar-refractivity contribution in [3.63, 3.8) is 0 Å². The van der Waals surface area contributed by atoms with E-state index < -0.39 is 11.6 Å². The zero-order valence-electron chi connectivity index (χ0n) is 17.5. The molecule has 1 aliphatic heterocycles. The van der Waals surface area contributed by atoms with Gasteiger partial charge in [-0.1, -0.05) is 42.5 Å². The van der Waals surface area contributed by atoms with Crippen LogP contribution in [0.1, 0.15) is 37.4 Å². The van der Waals surface area contributed by atoms with Crippen LogP contribution in [0.25, 0.3) is 0 Å². The van der Waals surface area contributed by atoms with E-state index in [1.165, 1.54) is 0 Å². The van der Waals surface area contributed by atoms with Crippen molar-refractivity contribution in [1.29, 1.82) is 0 Å². The van der Waals surface area contributed by atoms with Crippen LogP contribution in [0.3, 0.4) is 0 Å². The van der Waals surface area contributed by atoms with Gasteiger partial charge in [-0.2, -0.15) is 0 Å². The van der Waals surface area contributed by atoms with Crippen LogP contribution in [0.15, 0.2) is 54.6 Å². The van der Waals surface area contributed by atoms with Crippen LogP contribution in [0.5, 0.6) is 5.75 Å². The number of hydrogen-bond donors (Lipinski definition) is 2. The largest absolute Gasteiger partial charge is 0.497 e. The number of aryl methyl sites for hydroxylation is 1. The van der Waals surface area contributed by atoms with Crippen LogP contribution in [0, 0.1) is 0 Å². The molecule has 7 heteroatoms. The van der Waals surface area contributed by atoms with Gasteiger partial charge in [0, 0.05) is 0 Å². The van der Waals surface area contributed by atoms with Crippen LogP contribution in [-0.4, -0.2) is 41.9 Å². The molecule has 0 unspecified atom stereocenters. The molecule has 0 aromatic heterocycles. The fourth-order valence-electron chi connectivity index (χ4n) is 3.50. The van der Waals surface area contributed by atoms with Gasteiger partial charge in [0.1, 0.15) is 17.8 Å². The third kappa shape index (κ3) is 4.79. The van der Waals surface area contributed by atoms with Crippen LogP contribution in [0.4, 0.5) is 4.79 Å². The highest BCUT2D eigenvalue weighted by molar-refractivity contribution is 6.08. The molecular weight excluding hydrogens is 382 g/mol. The van der Waals surface area contributed by atoms with Gasteiger partial charge in [0.15, 0.2) is 0 Å². The number of urea groups is 1. The highest BCUT2D eigenvalue weighted by atomic mass is 16.5. The third-order valence-electron chi connectivity index (χ3n) is 5.40. The minimum absolute atomic E-state index is 0.221. The minimum atomic E-state index is -1.04. The van der Waals surface area contributed by atoms with Crippen LogP contribution in [-0.2, 0) is 16.0 Å². The number of methoxy groups -OCH3 is 1. The Morgan fingerprint density at radius 2 is 1.80 bits per heavy atom. The van der Waals surface area contributed by atoms with Gasteiger partial charge >= 0.3 is 6.03 Å². The normalized spacial score (nSPS) is 19.4. The Bertz CT molecular complexity index is 914. The fourth-order valence-corrected chi connectivity index (χ4v) is 3.50. The quantitative estimate of drug-likeness (QED) is 0.657. The van der Waals surface area contributed by atoms with E-state index in [2.05, 4.69) is 10.6 Å². The molecule has 2 atom stereocenters. The molecule has 1 saturated heterocycles. The lowest BCUT2D eigenvalue weighted by Gasteiger charge is -2.22. The van der Waals surface area contributed by atoms with Gasteiger partial charge in [0.2, 0.25) is 5.91 Å². The number of imide groups is 1. The van der Waals surface area contributed by atoms with Crippen molar-refractivity contribution in [3.05, 3.63) is 65.7 Å². The first-order valence-electron chi connectivity index (χ1n) is 9.94. The number of amides is 4. The van der Waals surface area contributed by atoms with Gasteiger partial charge in [-0.15, -0.1) is 0 Å². The third-order valence-corrected chi connectivity index (χ3v) is 5.40. The van der Waals surface area contributed by atoms with E-state index in [1.54, 1.807) is 14.0 Å². The Labute approximate surface area is 176 Å². The Morgan fingerprint density at radius 1 is 1.13 bits per heavy atom. The van der Waals surface area contributed by atoms with Crippen LogP contribution in [0.2, 0.25) is 0 Å². The molecule has 0 bridgehead atoms. The zero-order valence-corrected chi connectivity index (χ0v) is 17.5. The van der Waals surface area contributed by atoms with Crippen molar-refractivity contribution in [2.24, 2.45) is 0 Å². The van der Waals surface area contributed by atoms with Crippen LogP contribution < -0.4 is 15.4 Å². The maximum Gasteiger partial charge on any atom is 0.325 e. The molecule has 30 heavy (non-hydrogen) atoms. The Morgan fingerprint density at radius 3 is 2.43 bits per heavy atom. The topological polar surface area (TPSA) is 87.7 Å². The summed E-state index contributed by atoms with van der Waals surface area (Å²) in [5.41, 5.74) is 0.946. The summed E-state index contributed by atoms with van der Waals surface area (Å²) >= 11 is 0. The average Bonchev–Trinajstić information content (AvgIpc) is 2.96. The zero-order chi connectivity index (χ0) is 21.7. The first-order valence-corrected chi connectivity index (χ1v) is 9.94. The number of hydrogen-bond acceptors (Lipinski definition) is 4. The predicted molar refractivity (Wildman–Crippen MR) is 113 cm³/mol. The lowest BCUT2D eigenvalue weighted by atomic mass is 9.93. The highest BCUT2D eigenvalue weighted by Gasteiger charge is 2.47. The van der Waals surface area contributed by atoms with Gasteiger partial charge < -0.3 is 15.4 Å². The Hall–Kier alpha value is -3.35. The number of rotatable bonds is 8. The second-order valence-corrected chi connectivity index (χ2v) is 7.70. The number of carbonyl (C=O) groups is 3. The van der Waals surface area contributed by atoms with Crippen molar-refractivity contribution < 1.29 is 19.1 Å². The Kier molecular flexibility index (Phi) is 6.40. The van der Waals surface area contributed by atoms with Crippen LogP contribution >= 0.6 is 0 Å². The number of nitrogens with one attached hydrogen (secondary N) is 2. The van der Waals surface area contributed by atoms with E-state index in [1.807, 2.05) is 61.5 Å². The standard InChI is InChI=1S/C23H27N3O4/c1-16(18-7-5-4-6-8-18)24-20(27)15-26-21(28)23(2,25-22(26)29)14-13-17-9-11-19(30-3)12-10-17/h4-12,16H,13-15H2,1-3H3,(H,24,27)(H,25,29)/t16-,23+/m0/s1. The van der Waals surface area contributed by atoms with E-state index >= 15 is 0 Å². The van der Waals surface area contributed by atoms with Gasteiger partial charge in [0.25, 0.3) is 5.91 Å². The lowest BCUT2D eigenvalue weighted by molar-refractivity contribution is -0.134. The molecule has 0 aliphatic carbocycles. The SMILES string of the molecule is COc1ccc(CC[C@@]2(C)NC(=O)N(CC(=O)N[C@@H](C)c3ccccc3)C2=O)cc1. The second kappa shape index (κ2) is 8.98. The number of nitrogens with zero attached hydrogens (tertiary/aromatic N) is 1. The summed E-state index contributed by atoms with van der Waals surface area (Å²) < 4.78 is 5.15. The molecule has 2 N–H and O–H groups in total. The molecule has 0 saturated carbocycles. The molecule has 1 aliphatic rings. The van der Waals surface area contributed by atoms with E-state index in [9.17, 15) is 14.4 Å². The number of ether oxygens (including phenoxy) is 1. The molecular formula is C23H27N3O4. The number of benzene rings is 2. The summed E-state index contributed by atoms with van der Waals surface area (Å²) in [4.78, 5) is 38.7. The summed E-state index contributed by atoms with van der Waals surface area (Å²) in [6, 6.07) is 16.3. The molecule has 2 aromatic carbocycles. The fraction of sp³-hybridized carbons (Fsp3) is 0.348. The molecule has 4 amide bonds. The van der Waals surface area contributed by atoms with Crippen molar-refractivity contribution in [2.75, 3.05) is 13.7 Å². The van der Waals surface area contributed by atoms with Gasteiger partial charge in [-0.05, 0) is 49.9 Å². The first-order chi connectivity index (χ1) is 14.3. The molecule has 7 nitrogen and oxygen atoms in total. The van der Waals surface area contributed by atoms with Crippen molar-refractivity contribution in [2.45, 2.75) is 38.3 Å². The molecule has 1 heterocycles. The summed E-state index contributed by atoms with van der Waals surface area (Å²) in [5, 5.41) is 5.58. The summed E-state index contributed by atoms with van der Waals surface area (Å²) in [6.07, 6.45) is 1.04. The molecule has 3 rings (SSSR count). The molecule has 0 radical (unpaired) electrons. The summed E-state index contributed by atoms with van der Waals surface area (Å²) in [6.45, 7) is 3.25. The monoisotopic (exact) mass is 409 g/mol. The molecule has 1 fully saturated rings. The van der Waals surface area contributed by atoms with E-state index in [4.69, 9.17) is 4.74 Å². The van der Waals surface area contributed by atoms with Gasteiger partial charge in [-0.3, -0.25) is 14.5 Å². The van der Waals surface area contributed by atoms with E-state index in [0.717, 1.165) is 21.8 Å². The summed E-state index contributed by atoms with van der Waals surface area (Å²) in [5.74, 6) is -0.00471.